The van der Waals surface area contributed by atoms with Crippen molar-refractivity contribution in [3.63, 3.8) is 0 Å². The van der Waals surface area contributed by atoms with Crippen LogP contribution < -0.4 is 15.2 Å². The number of rotatable bonds is 6. The molecular weight excluding hydrogens is 357 g/mol. The summed E-state index contributed by atoms with van der Waals surface area (Å²) in [6, 6.07) is 11.8. The molecule has 3 nitrogen and oxygen atoms in total. The van der Waals surface area contributed by atoms with Crippen LogP contribution in [0, 0.1) is 5.82 Å². The minimum Gasteiger partial charge on any atom is -0.490 e. The summed E-state index contributed by atoms with van der Waals surface area (Å²) < 4.78 is 25.5. The molecule has 0 radical (unpaired) electrons. The van der Waals surface area contributed by atoms with E-state index >= 15 is 0 Å². The predicted molar refractivity (Wildman–Crippen MR) is 87.4 cm³/mol. The van der Waals surface area contributed by atoms with E-state index in [4.69, 9.17) is 27.4 Å². The highest BCUT2D eigenvalue weighted by Gasteiger charge is 2.06. The third-order valence-electron chi connectivity index (χ3n) is 2.64. The molecule has 0 saturated carbocycles. The van der Waals surface area contributed by atoms with Gasteiger partial charge in [-0.05, 0) is 42.5 Å². The highest BCUT2D eigenvalue weighted by atomic mass is 79.9. The van der Waals surface area contributed by atoms with Crippen LogP contribution in [0.15, 0.2) is 46.9 Å². The monoisotopic (exact) mass is 369 g/mol. The second kappa shape index (κ2) is 7.38. The quantitative estimate of drug-likeness (QED) is 0.623. The van der Waals surface area contributed by atoms with Crippen molar-refractivity contribution in [1.29, 1.82) is 0 Å². The minimum absolute atomic E-state index is 0.148. The van der Waals surface area contributed by atoms with Gasteiger partial charge in [-0.25, -0.2) is 4.39 Å². The molecule has 0 aromatic heterocycles. The molecule has 0 atom stereocenters. The number of halogens is 2. The predicted octanol–water partition coefficient (Wildman–Crippen LogP) is 3.68. The van der Waals surface area contributed by atoms with E-state index in [1.54, 1.807) is 6.07 Å². The lowest BCUT2D eigenvalue weighted by Gasteiger charge is -2.10. The van der Waals surface area contributed by atoms with Gasteiger partial charge < -0.3 is 15.2 Å². The Morgan fingerprint density at radius 2 is 1.76 bits per heavy atom. The molecule has 0 bridgehead atoms. The van der Waals surface area contributed by atoms with Crippen LogP contribution in [0.4, 0.5) is 4.39 Å². The Morgan fingerprint density at radius 1 is 1.10 bits per heavy atom. The van der Waals surface area contributed by atoms with Gasteiger partial charge in [0, 0.05) is 10.0 Å². The van der Waals surface area contributed by atoms with Gasteiger partial charge in [0.2, 0.25) is 0 Å². The van der Waals surface area contributed by atoms with Gasteiger partial charge in [-0.15, -0.1) is 0 Å². The van der Waals surface area contributed by atoms with E-state index in [2.05, 4.69) is 15.9 Å². The zero-order valence-corrected chi connectivity index (χ0v) is 13.4. The zero-order chi connectivity index (χ0) is 15.2. The Labute approximate surface area is 136 Å². The van der Waals surface area contributed by atoms with E-state index in [0.29, 0.717) is 12.2 Å². The van der Waals surface area contributed by atoms with Gasteiger partial charge in [0.1, 0.15) is 24.0 Å². The number of hydrogen-bond acceptors (Lipinski definition) is 3. The van der Waals surface area contributed by atoms with Gasteiger partial charge in [-0.2, -0.15) is 0 Å². The van der Waals surface area contributed by atoms with Crippen LogP contribution in [0.25, 0.3) is 0 Å². The maximum absolute atomic E-state index is 13.7. The van der Waals surface area contributed by atoms with Gasteiger partial charge >= 0.3 is 0 Å². The number of hydrogen-bond donors (Lipinski definition) is 1. The minimum atomic E-state index is -0.496. The van der Waals surface area contributed by atoms with Crippen LogP contribution in [0.2, 0.25) is 0 Å². The molecule has 0 spiro atoms. The molecule has 2 aromatic rings. The van der Waals surface area contributed by atoms with Crippen molar-refractivity contribution in [2.24, 2.45) is 5.73 Å². The van der Waals surface area contributed by atoms with Crippen LogP contribution >= 0.6 is 28.1 Å². The van der Waals surface area contributed by atoms with E-state index in [1.807, 2.05) is 24.3 Å². The SMILES string of the molecule is NC(=S)c1ccc(OCCOc2ccc(Br)cc2)c(F)c1. The van der Waals surface area contributed by atoms with Crippen molar-refractivity contribution in [3.05, 3.63) is 58.3 Å². The second-order valence-corrected chi connectivity index (χ2v) is 5.52. The zero-order valence-electron chi connectivity index (χ0n) is 11.0. The second-order valence-electron chi connectivity index (χ2n) is 4.16. The molecule has 2 aromatic carbocycles. The molecule has 21 heavy (non-hydrogen) atoms. The summed E-state index contributed by atoms with van der Waals surface area (Å²) in [7, 11) is 0. The first-order chi connectivity index (χ1) is 10.1. The molecule has 0 amide bonds. The average Bonchev–Trinajstić information content (AvgIpc) is 2.46. The van der Waals surface area contributed by atoms with Crippen molar-refractivity contribution in [2.75, 3.05) is 13.2 Å². The fourth-order valence-electron chi connectivity index (χ4n) is 1.61. The molecule has 0 aliphatic rings. The number of benzene rings is 2. The number of ether oxygens (including phenoxy) is 2. The Bertz CT molecular complexity index is 634. The average molecular weight is 370 g/mol. The third-order valence-corrected chi connectivity index (χ3v) is 3.40. The van der Waals surface area contributed by atoms with Crippen molar-refractivity contribution >= 4 is 33.1 Å². The summed E-state index contributed by atoms with van der Waals surface area (Å²) in [6.07, 6.45) is 0. The highest BCUT2D eigenvalue weighted by Crippen LogP contribution is 2.19. The first-order valence-corrected chi connectivity index (χ1v) is 7.37. The topological polar surface area (TPSA) is 44.5 Å². The van der Waals surface area contributed by atoms with Crippen LogP contribution in [0.5, 0.6) is 11.5 Å². The first-order valence-electron chi connectivity index (χ1n) is 6.17. The van der Waals surface area contributed by atoms with Gasteiger partial charge in [0.25, 0.3) is 0 Å². The molecule has 0 aliphatic carbocycles. The summed E-state index contributed by atoms with van der Waals surface area (Å²) in [6.45, 7) is 0.553. The largest absolute Gasteiger partial charge is 0.490 e. The third kappa shape index (κ3) is 4.68. The fourth-order valence-corrected chi connectivity index (χ4v) is 2.00. The lowest BCUT2D eigenvalue weighted by atomic mass is 10.2. The normalized spacial score (nSPS) is 10.2. The van der Waals surface area contributed by atoms with Gasteiger partial charge in [-0.1, -0.05) is 28.1 Å². The molecule has 2 N–H and O–H groups in total. The standard InChI is InChI=1S/C15H13BrFNO2S/c16-11-2-4-12(5-3-11)19-7-8-20-14-6-1-10(15(18)21)9-13(14)17/h1-6,9H,7-8H2,(H2,18,21). The van der Waals surface area contributed by atoms with Crippen molar-refractivity contribution < 1.29 is 13.9 Å². The Balaban J connectivity index is 1.83. The number of thiocarbonyl (C=S) groups is 1. The fraction of sp³-hybridized carbons (Fsp3) is 0.133. The summed E-state index contributed by atoms with van der Waals surface area (Å²) in [5.74, 6) is 0.379. The summed E-state index contributed by atoms with van der Waals surface area (Å²) >= 11 is 8.12. The van der Waals surface area contributed by atoms with Crippen LogP contribution in [0.1, 0.15) is 5.56 Å². The molecule has 0 saturated heterocycles. The van der Waals surface area contributed by atoms with E-state index in [9.17, 15) is 4.39 Å². The number of nitrogens with two attached hydrogens (primary N) is 1. The molecule has 0 aliphatic heterocycles. The molecular formula is C15H13BrFNO2S. The van der Waals surface area contributed by atoms with E-state index in [-0.39, 0.29) is 17.3 Å². The molecule has 2 rings (SSSR count). The van der Waals surface area contributed by atoms with Crippen molar-refractivity contribution in [2.45, 2.75) is 0 Å². The maximum atomic E-state index is 13.7. The smallest absolute Gasteiger partial charge is 0.165 e. The lowest BCUT2D eigenvalue weighted by molar-refractivity contribution is 0.211. The van der Waals surface area contributed by atoms with Gasteiger partial charge in [0.05, 0.1) is 0 Å². The summed E-state index contributed by atoms with van der Waals surface area (Å²) in [5.41, 5.74) is 5.90. The summed E-state index contributed by atoms with van der Waals surface area (Å²) in [4.78, 5) is 0.152. The van der Waals surface area contributed by atoms with E-state index in [0.717, 1.165) is 10.2 Å². The molecule has 110 valence electrons. The van der Waals surface area contributed by atoms with E-state index in [1.165, 1.54) is 12.1 Å². The van der Waals surface area contributed by atoms with Crippen LogP contribution in [-0.4, -0.2) is 18.2 Å². The van der Waals surface area contributed by atoms with Gasteiger partial charge in [-0.3, -0.25) is 0 Å². The van der Waals surface area contributed by atoms with Crippen molar-refractivity contribution in [1.82, 2.24) is 0 Å². The maximum Gasteiger partial charge on any atom is 0.165 e. The van der Waals surface area contributed by atoms with Crippen LogP contribution in [0.3, 0.4) is 0 Å². The Hall–Kier alpha value is -1.66. The van der Waals surface area contributed by atoms with Crippen molar-refractivity contribution in [3.8, 4) is 11.5 Å². The van der Waals surface area contributed by atoms with E-state index < -0.39 is 5.82 Å². The van der Waals surface area contributed by atoms with Gasteiger partial charge in [0.15, 0.2) is 11.6 Å². The molecule has 0 heterocycles. The Morgan fingerprint density at radius 3 is 2.38 bits per heavy atom. The summed E-state index contributed by atoms with van der Waals surface area (Å²) in [5, 5.41) is 0. The molecule has 6 heteroatoms. The van der Waals surface area contributed by atoms with Crippen LogP contribution in [-0.2, 0) is 0 Å². The Kier molecular flexibility index (Phi) is 5.52. The lowest BCUT2D eigenvalue weighted by Crippen LogP contribution is -2.12. The highest BCUT2D eigenvalue weighted by molar-refractivity contribution is 9.10. The molecule has 0 fully saturated rings. The molecule has 0 unspecified atom stereocenters. The first kappa shape index (κ1) is 15.7.